The lowest BCUT2D eigenvalue weighted by atomic mass is 10.0. The van der Waals surface area contributed by atoms with Gasteiger partial charge < -0.3 is 0 Å². The highest BCUT2D eigenvalue weighted by molar-refractivity contribution is 5.79. The first kappa shape index (κ1) is 12.3. The molecule has 0 radical (unpaired) electrons. The fourth-order valence-corrected chi connectivity index (χ4v) is 1.54. The Labute approximate surface area is 99.7 Å². The van der Waals surface area contributed by atoms with E-state index < -0.39 is 23.3 Å². The van der Waals surface area contributed by atoms with Gasteiger partial charge >= 0.3 is 0 Å². The van der Waals surface area contributed by atoms with E-state index in [4.69, 9.17) is 0 Å². The van der Waals surface area contributed by atoms with Crippen LogP contribution in [-0.4, -0.2) is 6.29 Å². The average molecular weight is 254 g/mol. The second kappa shape index (κ2) is 4.60. The molecule has 18 heavy (non-hydrogen) atoms. The van der Waals surface area contributed by atoms with Crippen molar-refractivity contribution in [3.05, 3.63) is 59.2 Å². The lowest BCUT2D eigenvalue weighted by molar-refractivity contribution is 0.112. The average Bonchev–Trinajstić information content (AvgIpc) is 2.36. The van der Waals surface area contributed by atoms with Crippen LogP contribution in [0.4, 0.5) is 17.6 Å². The van der Waals surface area contributed by atoms with Crippen LogP contribution in [-0.2, 0) is 0 Å². The van der Waals surface area contributed by atoms with E-state index in [1.807, 2.05) is 0 Å². The molecule has 2 aromatic rings. The lowest BCUT2D eigenvalue weighted by Gasteiger charge is -2.05. The molecule has 0 amide bonds. The van der Waals surface area contributed by atoms with Gasteiger partial charge in [0.2, 0.25) is 0 Å². The Balaban J connectivity index is 2.58. The second-order valence-electron chi connectivity index (χ2n) is 3.61. The maximum Gasteiger partial charge on any atom is 0.194 e. The van der Waals surface area contributed by atoms with Gasteiger partial charge in [-0.25, -0.2) is 17.6 Å². The van der Waals surface area contributed by atoms with Crippen LogP contribution in [0.25, 0.3) is 11.1 Å². The lowest BCUT2D eigenvalue weighted by Crippen LogP contribution is -1.93. The topological polar surface area (TPSA) is 17.1 Å². The molecule has 0 bridgehead atoms. The smallest absolute Gasteiger partial charge is 0.194 e. The molecule has 1 nitrogen and oxygen atoms in total. The molecule has 0 aliphatic rings. The summed E-state index contributed by atoms with van der Waals surface area (Å²) in [5.74, 6) is -5.00. The summed E-state index contributed by atoms with van der Waals surface area (Å²) >= 11 is 0. The molecule has 0 atom stereocenters. The predicted octanol–water partition coefficient (Wildman–Crippen LogP) is 3.72. The van der Waals surface area contributed by atoms with Gasteiger partial charge in [0.1, 0.15) is 5.82 Å². The van der Waals surface area contributed by atoms with Crippen LogP contribution >= 0.6 is 0 Å². The SMILES string of the molecule is O=Cc1cc(-c2cc(F)c(F)c(F)c2)ccc1F. The van der Waals surface area contributed by atoms with Crippen molar-refractivity contribution in [2.45, 2.75) is 0 Å². The third-order valence-corrected chi connectivity index (χ3v) is 2.44. The molecule has 0 saturated carbocycles. The summed E-state index contributed by atoms with van der Waals surface area (Å²) in [6.07, 6.45) is 0.287. The van der Waals surface area contributed by atoms with Gasteiger partial charge in [-0.3, -0.25) is 4.79 Å². The van der Waals surface area contributed by atoms with E-state index in [0.29, 0.717) is 0 Å². The highest BCUT2D eigenvalue weighted by Gasteiger charge is 2.12. The molecule has 0 aromatic heterocycles. The third-order valence-electron chi connectivity index (χ3n) is 2.44. The van der Waals surface area contributed by atoms with Gasteiger partial charge in [-0.15, -0.1) is 0 Å². The van der Waals surface area contributed by atoms with Crippen LogP contribution in [0, 0.1) is 23.3 Å². The second-order valence-corrected chi connectivity index (χ2v) is 3.61. The van der Waals surface area contributed by atoms with E-state index in [9.17, 15) is 22.4 Å². The Hall–Kier alpha value is -2.17. The molecule has 92 valence electrons. The largest absolute Gasteiger partial charge is 0.298 e. The van der Waals surface area contributed by atoms with E-state index in [-0.39, 0.29) is 23.0 Å². The number of benzene rings is 2. The van der Waals surface area contributed by atoms with Crippen molar-refractivity contribution < 1.29 is 22.4 Å². The Morgan fingerprint density at radius 3 is 1.94 bits per heavy atom. The molecule has 0 heterocycles. The highest BCUT2D eigenvalue weighted by atomic mass is 19.2. The molecule has 0 aliphatic carbocycles. The fourth-order valence-electron chi connectivity index (χ4n) is 1.54. The summed E-state index contributed by atoms with van der Waals surface area (Å²) in [6.45, 7) is 0. The van der Waals surface area contributed by atoms with Gasteiger partial charge in [-0.1, -0.05) is 6.07 Å². The molecule has 2 rings (SSSR count). The van der Waals surface area contributed by atoms with Crippen LogP contribution in [0.1, 0.15) is 10.4 Å². The van der Waals surface area contributed by atoms with E-state index in [1.165, 1.54) is 6.07 Å². The molecule has 5 heteroatoms. The number of carbonyl (C=O) groups is 1. The maximum absolute atomic E-state index is 13.1. The molecule has 2 aromatic carbocycles. The van der Waals surface area contributed by atoms with Crippen LogP contribution in [0.5, 0.6) is 0 Å². The standard InChI is InChI=1S/C13H6F4O/c14-10-2-1-7(3-9(10)6-18)8-4-11(15)13(17)12(16)5-8/h1-6H. The van der Waals surface area contributed by atoms with Gasteiger partial charge in [0.25, 0.3) is 0 Å². The molecule has 0 aliphatic heterocycles. The van der Waals surface area contributed by atoms with Crippen LogP contribution in [0.2, 0.25) is 0 Å². The van der Waals surface area contributed by atoms with E-state index in [0.717, 1.165) is 24.3 Å². The first-order valence-electron chi connectivity index (χ1n) is 4.92. The fraction of sp³-hybridized carbons (Fsp3) is 0. The van der Waals surface area contributed by atoms with Gasteiger partial charge in [0, 0.05) is 0 Å². The zero-order valence-corrected chi connectivity index (χ0v) is 8.88. The molecule has 0 saturated heterocycles. The van der Waals surface area contributed by atoms with Crippen molar-refractivity contribution in [3.8, 4) is 11.1 Å². The molecule has 0 spiro atoms. The summed E-state index contributed by atoms with van der Waals surface area (Å²) in [5.41, 5.74) is 0.00319. The Morgan fingerprint density at radius 1 is 0.778 bits per heavy atom. The van der Waals surface area contributed by atoms with Crippen LogP contribution < -0.4 is 0 Å². The van der Waals surface area contributed by atoms with Gasteiger partial charge in [0.05, 0.1) is 5.56 Å². The molecule has 0 unspecified atom stereocenters. The number of carbonyl (C=O) groups excluding carboxylic acids is 1. The van der Waals surface area contributed by atoms with Crippen molar-refractivity contribution in [2.75, 3.05) is 0 Å². The third kappa shape index (κ3) is 2.11. The zero-order chi connectivity index (χ0) is 13.3. The number of aldehydes is 1. The minimum absolute atomic E-state index is 0.0227. The van der Waals surface area contributed by atoms with Crippen LogP contribution in [0.3, 0.4) is 0 Å². The van der Waals surface area contributed by atoms with Crippen molar-refractivity contribution in [1.29, 1.82) is 0 Å². The minimum Gasteiger partial charge on any atom is -0.298 e. The normalized spacial score (nSPS) is 10.4. The molecule has 0 fully saturated rings. The number of halogens is 4. The summed E-state index contributed by atoms with van der Waals surface area (Å²) in [4.78, 5) is 10.6. The Morgan fingerprint density at radius 2 is 1.39 bits per heavy atom. The summed E-state index contributed by atoms with van der Waals surface area (Å²) in [5, 5.41) is 0. The highest BCUT2D eigenvalue weighted by Crippen LogP contribution is 2.25. The Bertz CT molecular complexity index is 599. The van der Waals surface area contributed by atoms with Crippen molar-refractivity contribution >= 4 is 6.29 Å². The first-order valence-corrected chi connectivity index (χ1v) is 4.92. The van der Waals surface area contributed by atoms with Gasteiger partial charge in [-0.2, -0.15) is 0 Å². The quantitative estimate of drug-likeness (QED) is 0.453. The van der Waals surface area contributed by atoms with Crippen molar-refractivity contribution in [1.82, 2.24) is 0 Å². The number of hydrogen-bond acceptors (Lipinski definition) is 1. The van der Waals surface area contributed by atoms with E-state index in [2.05, 4.69) is 0 Å². The molecular formula is C13H6F4O. The summed E-state index contributed by atoms with van der Waals surface area (Å²) < 4.78 is 51.9. The predicted molar refractivity (Wildman–Crippen MR) is 57.1 cm³/mol. The first-order chi connectivity index (χ1) is 8.52. The number of rotatable bonds is 2. The Kier molecular flexibility index (Phi) is 3.14. The number of hydrogen-bond donors (Lipinski definition) is 0. The molecule has 0 N–H and O–H groups in total. The van der Waals surface area contributed by atoms with Crippen molar-refractivity contribution in [2.24, 2.45) is 0 Å². The summed E-state index contributed by atoms with van der Waals surface area (Å²) in [6, 6.07) is 4.93. The maximum atomic E-state index is 13.1. The van der Waals surface area contributed by atoms with E-state index in [1.54, 1.807) is 0 Å². The molecular weight excluding hydrogens is 248 g/mol. The van der Waals surface area contributed by atoms with E-state index >= 15 is 0 Å². The van der Waals surface area contributed by atoms with Gasteiger partial charge in [-0.05, 0) is 35.4 Å². The minimum atomic E-state index is -1.57. The summed E-state index contributed by atoms with van der Waals surface area (Å²) in [7, 11) is 0. The van der Waals surface area contributed by atoms with Crippen LogP contribution in [0.15, 0.2) is 30.3 Å². The van der Waals surface area contributed by atoms with Crippen molar-refractivity contribution in [3.63, 3.8) is 0 Å². The van der Waals surface area contributed by atoms with Gasteiger partial charge in [0.15, 0.2) is 23.7 Å². The zero-order valence-electron chi connectivity index (χ0n) is 8.88. The monoisotopic (exact) mass is 254 g/mol.